The molecule has 1 saturated heterocycles. The molecule has 2 aromatic heterocycles. The summed E-state index contributed by atoms with van der Waals surface area (Å²) >= 11 is 5.13. The molecule has 1 saturated carbocycles. The maximum Gasteiger partial charge on any atom is 0.426 e. The van der Waals surface area contributed by atoms with E-state index in [0.29, 0.717) is 67.2 Å². The van der Waals surface area contributed by atoms with Crippen LogP contribution in [0.1, 0.15) is 75.3 Å². The summed E-state index contributed by atoms with van der Waals surface area (Å²) in [5.41, 5.74) is 7.61. The number of esters is 1. The number of rotatable bonds is 18. The number of carbonyl (C=O) groups excluding carboxylic acids is 3. The first-order valence-corrected chi connectivity index (χ1v) is 26.4. The Bertz CT molecular complexity index is 2580. The van der Waals surface area contributed by atoms with Gasteiger partial charge in [0.05, 0.1) is 25.9 Å². The lowest BCUT2D eigenvalue weighted by Crippen LogP contribution is -2.82. The van der Waals surface area contributed by atoms with Crippen LogP contribution < -0.4 is 26.2 Å². The van der Waals surface area contributed by atoms with Gasteiger partial charge in [-0.1, -0.05) is 61.1 Å². The molecule has 2 fully saturated rings. The molecule has 0 unspecified atom stereocenters. The van der Waals surface area contributed by atoms with Crippen LogP contribution in [0.2, 0.25) is 0 Å². The second-order valence-corrected chi connectivity index (χ2v) is 22.2. The van der Waals surface area contributed by atoms with Crippen LogP contribution in [0.3, 0.4) is 0 Å². The summed E-state index contributed by atoms with van der Waals surface area (Å²) in [6.07, 6.45) is 5.03. The molecule has 3 aliphatic heterocycles. The number of aromatic nitrogens is 2. The van der Waals surface area contributed by atoms with Crippen LogP contribution in [0.25, 0.3) is 10.9 Å². The third-order valence-corrected chi connectivity index (χ3v) is 18.0. The number of hydrogen-bond acceptors (Lipinski definition) is 16. The van der Waals surface area contributed by atoms with E-state index in [2.05, 4.69) is 25.7 Å². The Labute approximate surface area is 416 Å². The number of anilines is 1. The van der Waals surface area contributed by atoms with Crippen molar-refractivity contribution < 1.29 is 43.9 Å². The molecule has 2 aromatic carbocycles. The fourth-order valence-electron chi connectivity index (χ4n) is 12.4. The summed E-state index contributed by atoms with van der Waals surface area (Å²) in [7, 11) is 7.56. The summed E-state index contributed by atoms with van der Waals surface area (Å²) in [5.74, 6) is -0.832. The zero-order valence-electron chi connectivity index (χ0n) is 40.0. The van der Waals surface area contributed by atoms with E-state index < -0.39 is 68.9 Å². The molecule has 9 atom stereocenters. The van der Waals surface area contributed by atoms with Gasteiger partial charge in [-0.25, -0.2) is 15.2 Å². The monoisotopic (exact) mass is 1000 g/mol. The Balaban J connectivity index is 1.26. The van der Waals surface area contributed by atoms with Crippen molar-refractivity contribution in [3.8, 4) is 5.75 Å². The van der Waals surface area contributed by atoms with Crippen LogP contribution in [0, 0.1) is 5.41 Å². The highest BCUT2D eigenvalue weighted by Crippen LogP contribution is 2.67. The number of benzene rings is 2. The number of amides is 2. The van der Waals surface area contributed by atoms with Gasteiger partial charge in [-0.05, 0) is 105 Å². The van der Waals surface area contributed by atoms with Crippen LogP contribution in [0.4, 0.5) is 10.5 Å². The van der Waals surface area contributed by atoms with Gasteiger partial charge < -0.3 is 45.1 Å². The van der Waals surface area contributed by atoms with Crippen LogP contribution in [-0.2, 0) is 36.3 Å². The first-order chi connectivity index (χ1) is 33.0. The van der Waals surface area contributed by atoms with Gasteiger partial charge in [-0.15, -0.1) is 0 Å². The van der Waals surface area contributed by atoms with Crippen LogP contribution >= 0.6 is 34.2 Å². The van der Waals surface area contributed by atoms with E-state index in [9.17, 15) is 24.9 Å². The number of carbonyl (C=O) groups is 3. The van der Waals surface area contributed by atoms with Crippen molar-refractivity contribution in [1.82, 2.24) is 25.7 Å². The largest absolute Gasteiger partial charge is 0.496 e. The number of hydrogen-bond donors (Lipinski definition) is 8. The second kappa shape index (κ2) is 20.0. The normalized spacial score (nSPS) is 26.8. The topological polar surface area (TPSA) is 225 Å². The minimum atomic E-state index is -2.54. The Kier molecular flexibility index (Phi) is 14.7. The number of aromatic amines is 1. The molecule has 16 nitrogen and oxygen atoms in total. The summed E-state index contributed by atoms with van der Waals surface area (Å²) in [5, 5.41) is 38.8. The first-order valence-electron chi connectivity index (χ1n) is 23.5. The third kappa shape index (κ3) is 8.37. The van der Waals surface area contributed by atoms with Gasteiger partial charge in [-0.3, -0.25) is 19.9 Å². The van der Waals surface area contributed by atoms with E-state index in [1.165, 1.54) is 35.8 Å². The molecule has 2 amide bonds. The van der Waals surface area contributed by atoms with Gasteiger partial charge in [0.1, 0.15) is 28.9 Å². The third-order valence-electron chi connectivity index (χ3n) is 15.4. The van der Waals surface area contributed by atoms with Gasteiger partial charge in [0.25, 0.3) is 5.91 Å². The number of nitrogens with zero attached hydrogens (tertiary/aromatic N) is 3. The predicted molar refractivity (Wildman–Crippen MR) is 272 cm³/mol. The number of nitrogens with two attached hydrogens (primary N) is 1. The van der Waals surface area contributed by atoms with E-state index in [0.717, 1.165) is 27.1 Å². The van der Waals surface area contributed by atoms with Crippen molar-refractivity contribution in [2.45, 2.75) is 110 Å². The maximum atomic E-state index is 15.3. The lowest BCUT2D eigenvalue weighted by molar-refractivity contribution is -0.204. The highest BCUT2D eigenvalue weighted by atomic mass is 33.1. The number of thiol groups is 1. The summed E-state index contributed by atoms with van der Waals surface area (Å²) in [4.78, 5) is 55.4. The van der Waals surface area contributed by atoms with Crippen molar-refractivity contribution >= 4 is 68.8 Å². The molecular formula is C50H65N7O9S3. The van der Waals surface area contributed by atoms with Crippen molar-refractivity contribution in [3.05, 3.63) is 95.3 Å². The molecule has 8 rings (SSSR count). The number of aliphatic hydroxyl groups is 3. The standard InChI is InChI=1S/C50H65N7O9S3/c1-7-46(3,62)28-30(67)29-49(44(60)65-6,39-32(17-20-51)31-14-9-10-15-35(31)53-39)34-26-33-36(27-37(34)64-5)56(4)41-48(33)19-23-57-22-13-18-47(8-2,40(48)57)42(58)50(41,63)43(59)54-55-45(61)66-24-25-68-69-38-16-11-12-21-52-38/h9-16,18,21,26-27,30,40-42,53,58,62-63,67H,7-8,17,19-20,22-25,28-29,51H2,1-6H3,(H,54,59)(H,55,61)/t30-,40+,41-,42-,46+,47-,48-,49+,50+/m1/s1. The van der Waals surface area contributed by atoms with E-state index in [-0.39, 0.29) is 26.0 Å². The number of nitrogens with one attached hydrogen (secondary N) is 3. The molecule has 5 heterocycles. The molecule has 19 heteroatoms. The van der Waals surface area contributed by atoms with Gasteiger partial charge in [0.2, 0.25) is 0 Å². The van der Waals surface area contributed by atoms with E-state index in [1.807, 2.05) is 85.5 Å². The average Bonchev–Trinajstić information content (AvgIpc) is 4.01. The van der Waals surface area contributed by atoms with Crippen molar-refractivity contribution in [2.75, 3.05) is 58.2 Å². The quantitative estimate of drug-likeness (QED) is 0.0161. The highest BCUT2D eigenvalue weighted by molar-refractivity contribution is 8.76. The lowest BCUT2D eigenvalue weighted by atomic mass is 9.47. The number of ether oxygens (including phenoxy) is 3. The number of methoxy groups -OCH3 is 2. The molecular weight excluding hydrogens is 939 g/mol. The van der Waals surface area contributed by atoms with E-state index in [1.54, 1.807) is 20.2 Å². The Morgan fingerprint density at radius 3 is 2.57 bits per heavy atom. The fraction of sp³-hybridized carbons (Fsp3) is 0.520. The van der Waals surface area contributed by atoms with E-state index in [4.69, 9.17) is 32.6 Å². The molecule has 4 aromatic rings. The van der Waals surface area contributed by atoms with E-state index >= 15 is 4.79 Å². The van der Waals surface area contributed by atoms with Crippen LogP contribution in [0.5, 0.6) is 5.75 Å². The summed E-state index contributed by atoms with van der Waals surface area (Å²) in [6.45, 7) is 7.06. The van der Waals surface area contributed by atoms with Gasteiger partial charge in [0, 0.05) is 81.6 Å². The molecule has 4 aliphatic rings. The molecule has 1 aliphatic carbocycles. The smallest absolute Gasteiger partial charge is 0.426 e. The van der Waals surface area contributed by atoms with Crippen molar-refractivity contribution in [1.29, 1.82) is 0 Å². The minimum absolute atomic E-state index is 0.0273. The zero-order valence-corrected chi connectivity index (χ0v) is 42.5. The number of para-hydroxylation sites is 1. The average molecular weight is 1000 g/mol. The predicted octanol–water partition coefficient (Wildman–Crippen LogP) is 5.17. The molecule has 372 valence electrons. The van der Waals surface area contributed by atoms with Gasteiger partial charge in [-0.2, -0.15) is 12.6 Å². The van der Waals surface area contributed by atoms with Crippen LogP contribution in [-0.4, -0.2) is 136 Å². The molecule has 69 heavy (non-hydrogen) atoms. The molecule has 1 spiro atoms. The zero-order chi connectivity index (χ0) is 49.5. The Morgan fingerprint density at radius 2 is 1.87 bits per heavy atom. The second-order valence-electron chi connectivity index (χ2n) is 19.0. The molecule has 0 radical (unpaired) electrons. The van der Waals surface area contributed by atoms with Crippen LogP contribution in [0.15, 0.2) is 78.0 Å². The Morgan fingerprint density at radius 1 is 1.10 bits per heavy atom. The summed E-state index contributed by atoms with van der Waals surface area (Å²) < 4.78 is 17.6. The van der Waals surface area contributed by atoms with Crippen molar-refractivity contribution in [2.24, 2.45) is 11.1 Å². The number of hydrazine groups is 1. The Hall–Kier alpha value is -4.47. The number of fused-ring (bicyclic) bond motifs is 2. The lowest BCUT2D eigenvalue weighted by Gasteiger charge is -2.63. The maximum absolute atomic E-state index is 15.3. The number of pyridine rings is 1. The fourth-order valence-corrected chi connectivity index (χ4v) is 14.8. The number of H-pyrrole nitrogens is 1. The number of likely N-dealkylation sites (N-methyl/N-ethyl adjacent to an activating group) is 1. The highest BCUT2D eigenvalue weighted by Gasteiger charge is 2.79. The first kappa shape index (κ1) is 50.9. The van der Waals surface area contributed by atoms with Gasteiger partial charge in [0.15, 0.2) is 5.60 Å². The van der Waals surface area contributed by atoms with Gasteiger partial charge >= 0.3 is 12.1 Å². The number of aliphatic hydroxyl groups excluding tert-OH is 1. The minimum Gasteiger partial charge on any atom is -0.496 e. The SMILES string of the molecule is CC[C@](C)(O)C[C@@H](S)C[C@](C(=O)OC)(c1cc2c(cc1OC)N(C)[C@H]1[C@@](O)(C(=O)NNC(=O)OCCSSc3ccccn3)[C@H](O)[C@]3(CC)C=CCN4CC[C@]21[C@@H]43)c1[nH]c2ccccc2c1CCN. The summed E-state index contributed by atoms with van der Waals surface area (Å²) in [6, 6.07) is 15.7. The molecule has 8 N–H and O–H groups in total. The molecule has 0 bridgehead atoms. The van der Waals surface area contributed by atoms with Crippen molar-refractivity contribution in [3.63, 3.8) is 0 Å².